The molecule has 9 nitrogen and oxygen atoms in total. The van der Waals surface area contributed by atoms with Crippen LogP contribution in [0.15, 0.2) is 78.9 Å². The maximum atomic E-state index is 14.8. The van der Waals surface area contributed by atoms with Gasteiger partial charge in [-0.1, -0.05) is 30.3 Å². The second kappa shape index (κ2) is 16.0. The molecular weight excluding hydrogens is 695 g/mol. The van der Waals surface area contributed by atoms with Crippen LogP contribution in [0, 0.1) is 17.5 Å². The van der Waals surface area contributed by atoms with Gasteiger partial charge >= 0.3 is 0 Å². The highest BCUT2D eigenvalue weighted by molar-refractivity contribution is 5.96. The number of amides is 1. The summed E-state index contributed by atoms with van der Waals surface area (Å²) < 4.78 is 61.2. The molecule has 0 aliphatic carbocycles. The fourth-order valence-electron chi connectivity index (χ4n) is 8.08. The largest absolute Gasteiger partial charge is 0.493 e. The minimum absolute atomic E-state index is 0.196. The quantitative estimate of drug-likeness (QED) is 0.141. The average Bonchev–Trinajstić information content (AvgIpc) is 3.54. The van der Waals surface area contributed by atoms with E-state index in [2.05, 4.69) is 14.8 Å². The molecule has 1 atom stereocenters. The minimum Gasteiger partial charge on any atom is -0.493 e. The molecule has 2 fully saturated rings. The van der Waals surface area contributed by atoms with E-state index in [1.165, 1.54) is 45.6 Å². The standard InChI is InChI=1S/C42H46F3N5O4/c1-52-37-23-29(24-38(53-2)39(37)54-3)40(51)49-19-6-17-42(27-49,30-11-14-33(44)34(45)25-30)18-22-48-20-15-32(16-21-48)46-41-47-35-7-4-5-8-36(35)50(41)26-28-9-12-31(43)13-10-28/h4-5,7-14,23-25,32H,6,15-22,26-27H2,1-3H3,(H,46,47). The molecule has 0 saturated carbocycles. The Morgan fingerprint density at radius 2 is 1.59 bits per heavy atom. The van der Waals surface area contributed by atoms with Crippen molar-refractivity contribution >= 4 is 22.9 Å². The number of rotatable bonds is 12. The van der Waals surface area contributed by atoms with Crippen molar-refractivity contribution in [2.75, 3.05) is 59.4 Å². The van der Waals surface area contributed by atoms with E-state index in [4.69, 9.17) is 19.2 Å². The van der Waals surface area contributed by atoms with Crippen LogP contribution in [0.3, 0.4) is 0 Å². The maximum absolute atomic E-state index is 14.8. The SMILES string of the molecule is COc1cc(C(=O)N2CCCC(CCN3CCC(Nc4nc5ccccc5n4Cc4ccc(F)cc4)CC3)(c3ccc(F)c(F)c3)C2)cc(OC)c1OC. The van der Waals surface area contributed by atoms with Crippen LogP contribution >= 0.6 is 0 Å². The third-order valence-corrected chi connectivity index (χ3v) is 11.0. The van der Waals surface area contributed by atoms with Gasteiger partial charge in [-0.2, -0.15) is 0 Å². The number of hydrogen-bond donors (Lipinski definition) is 1. The summed E-state index contributed by atoms with van der Waals surface area (Å²) in [4.78, 5) is 23.2. The first-order valence-corrected chi connectivity index (χ1v) is 18.4. The lowest BCUT2D eigenvalue weighted by Gasteiger charge is -2.45. The van der Waals surface area contributed by atoms with Crippen LogP contribution in [0.5, 0.6) is 17.2 Å². The Bertz CT molecular complexity index is 2080. The zero-order valence-electron chi connectivity index (χ0n) is 30.9. The molecule has 1 amide bonds. The summed E-state index contributed by atoms with van der Waals surface area (Å²) >= 11 is 0. The van der Waals surface area contributed by atoms with Crippen molar-refractivity contribution in [3.8, 4) is 17.2 Å². The van der Waals surface area contributed by atoms with Crippen LogP contribution in [0.4, 0.5) is 19.1 Å². The molecule has 3 heterocycles. The lowest BCUT2D eigenvalue weighted by molar-refractivity contribution is 0.0606. The van der Waals surface area contributed by atoms with Crippen molar-refractivity contribution in [1.82, 2.24) is 19.4 Å². The molecule has 12 heteroatoms. The monoisotopic (exact) mass is 741 g/mol. The summed E-state index contributed by atoms with van der Waals surface area (Å²) in [6.45, 7) is 3.88. The zero-order chi connectivity index (χ0) is 37.8. The number of carbonyl (C=O) groups is 1. The fraction of sp³-hybridized carbons (Fsp3) is 0.381. The molecule has 0 radical (unpaired) electrons. The van der Waals surface area contributed by atoms with Crippen LogP contribution in [0.25, 0.3) is 11.0 Å². The molecule has 5 aromatic rings. The molecule has 1 unspecified atom stereocenters. The molecule has 1 N–H and O–H groups in total. The first-order valence-electron chi connectivity index (χ1n) is 18.4. The van der Waals surface area contributed by atoms with Gasteiger partial charge in [0, 0.05) is 43.2 Å². The molecule has 7 rings (SSSR count). The van der Waals surface area contributed by atoms with E-state index in [1.807, 2.05) is 24.3 Å². The number of halogens is 3. The van der Waals surface area contributed by atoms with Gasteiger partial charge in [0.05, 0.1) is 38.9 Å². The predicted molar refractivity (Wildman–Crippen MR) is 202 cm³/mol. The lowest BCUT2D eigenvalue weighted by Crippen LogP contribution is -2.50. The molecule has 54 heavy (non-hydrogen) atoms. The van der Waals surface area contributed by atoms with Gasteiger partial charge < -0.3 is 33.9 Å². The highest BCUT2D eigenvalue weighted by Crippen LogP contribution is 2.41. The number of carbonyl (C=O) groups excluding carboxylic acids is 1. The first-order chi connectivity index (χ1) is 26.2. The van der Waals surface area contributed by atoms with Crippen LogP contribution in [0.2, 0.25) is 0 Å². The number of anilines is 1. The third-order valence-electron chi connectivity index (χ3n) is 11.0. The third kappa shape index (κ3) is 7.70. The Labute approximate surface area is 313 Å². The van der Waals surface area contributed by atoms with Crippen LogP contribution in [-0.4, -0.2) is 85.4 Å². The molecule has 2 aliphatic heterocycles. The minimum atomic E-state index is -0.893. The number of imidazole rings is 1. The topological polar surface area (TPSA) is 81.1 Å². The Morgan fingerprint density at radius 3 is 2.28 bits per heavy atom. The number of fused-ring (bicyclic) bond motifs is 1. The lowest BCUT2D eigenvalue weighted by atomic mass is 9.71. The summed E-state index contributed by atoms with van der Waals surface area (Å²) in [6, 6.07) is 22.2. The Kier molecular flexibility index (Phi) is 11.0. The Morgan fingerprint density at radius 1 is 0.870 bits per heavy atom. The summed E-state index contributed by atoms with van der Waals surface area (Å²) in [7, 11) is 4.52. The van der Waals surface area contributed by atoms with Gasteiger partial charge in [0.15, 0.2) is 23.1 Å². The molecule has 2 aliphatic rings. The van der Waals surface area contributed by atoms with E-state index < -0.39 is 17.0 Å². The number of benzene rings is 4. The number of para-hydroxylation sites is 2. The van der Waals surface area contributed by atoms with E-state index >= 15 is 0 Å². The number of nitrogens with zero attached hydrogens (tertiary/aromatic N) is 4. The average molecular weight is 742 g/mol. The fourth-order valence-corrected chi connectivity index (χ4v) is 8.08. The normalized spacial score (nSPS) is 18.1. The molecule has 0 bridgehead atoms. The van der Waals surface area contributed by atoms with Crippen molar-refractivity contribution < 1.29 is 32.2 Å². The van der Waals surface area contributed by atoms with Gasteiger partial charge in [0.2, 0.25) is 11.7 Å². The summed E-state index contributed by atoms with van der Waals surface area (Å²) in [5.74, 6) is -0.296. The zero-order valence-corrected chi connectivity index (χ0v) is 30.9. The van der Waals surface area contributed by atoms with Gasteiger partial charge in [-0.25, -0.2) is 18.2 Å². The maximum Gasteiger partial charge on any atom is 0.254 e. The molecule has 4 aromatic carbocycles. The number of piperidine rings is 2. The van der Waals surface area contributed by atoms with Crippen molar-refractivity contribution in [2.45, 2.75) is 50.1 Å². The number of aromatic nitrogens is 2. The number of ether oxygens (including phenoxy) is 3. The van der Waals surface area contributed by atoms with Gasteiger partial charge in [0.1, 0.15) is 5.82 Å². The van der Waals surface area contributed by atoms with Gasteiger partial charge in [-0.3, -0.25) is 4.79 Å². The smallest absolute Gasteiger partial charge is 0.254 e. The number of hydrogen-bond acceptors (Lipinski definition) is 7. The second-order valence-electron chi connectivity index (χ2n) is 14.3. The van der Waals surface area contributed by atoms with Crippen molar-refractivity contribution in [1.29, 1.82) is 0 Å². The number of nitrogens with one attached hydrogen (secondary N) is 1. The molecular formula is C42H46F3N5O4. The van der Waals surface area contributed by atoms with E-state index in [-0.39, 0.29) is 17.8 Å². The second-order valence-corrected chi connectivity index (χ2v) is 14.3. The van der Waals surface area contributed by atoms with Crippen molar-refractivity contribution in [2.24, 2.45) is 0 Å². The summed E-state index contributed by atoms with van der Waals surface area (Å²) in [5.41, 5.74) is 3.40. The molecule has 1 aromatic heterocycles. The number of methoxy groups -OCH3 is 3. The van der Waals surface area contributed by atoms with Crippen molar-refractivity contribution in [3.05, 3.63) is 113 Å². The van der Waals surface area contributed by atoms with E-state index in [9.17, 15) is 18.0 Å². The van der Waals surface area contributed by atoms with E-state index in [0.29, 0.717) is 60.9 Å². The van der Waals surface area contributed by atoms with E-state index in [0.717, 1.165) is 61.4 Å². The van der Waals surface area contributed by atoms with Gasteiger partial charge in [0.25, 0.3) is 5.91 Å². The summed E-state index contributed by atoms with van der Waals surface area (Å²) in [5, 5.41) is 3.70. The van der Waals surface area contributed by atoms with Gasteiger partial charge in [-0.05, 0) is 98.3 Å². The first kappa shape index (κ1) is 37.1. The highest BCUT2D eigenvalue weighted by Gasteiger charge is 2.40. The molecule has 2 saturated heterocycles. The Hall–Kier alpha value is -5.23. The van der Waals surface area contributed by atoms with Gasteiger partial charge in [-0.15, -0.1) is 0 Å². The van der Waals surface area contributed by atoms with Crippen molar-refractivity contribution in [3.63, 3.8) is 0 Å². The van der Waals surface area contributed by atoms with E-state index in [1.54, 1.807) is 35.2 Å². The van der Waals surface area contributed by atoms with Crippen LogP contribution in [-0.2, 0) is 12.0 Å². The highest BCUT2D eigenvalue weighted by atomic mass is 19.2. The molecule has 0 spiro atoms. The van der Waals surface area contributed by atoms with Crippen LogP contribution in [0.1, 0.15) is 53.6 Å². The Balaban J connectivity index is 1.05. The number of likely N-dealkylation sites (tertiary alicyclic amines) is 2. The predicted octanol–water partition coefficient (Wildman–Crippen LogP) is 7.67. The molecule has 284 valence electrons. The van der Waals surface area contributed by atoms with Crippen LogP contribution < -0.4 is 19.5 Å². The summed E-state index contributed by atoms with van der Waals surface area (Å²) in [6.07, 6.45) is 3.90.